The van der Waals surface area contributed by atoms with E-state index in [4.69, 9.17) is 0 Å². The molecule has 3 nitrogen and oxygen atoms in total. The van der Waals surface area contributed by atoms with Crippen LogP contribution < -0.4 is 5.32 Å². The zero-order valence-corrected chi connectivity index (χ0v) is 10.1. The van der Waals surface area contributed by atoms with E-state index in [2.05, 4.69) is 17.2 Å². The number of rotatable bonds is 7. The predicted molar refractivity (Wildman–Crippen MR) is 61.7 cm³/mol. The molecule has 1 aliphatic carbocycles. The summed E-state index contributed by atoms with van der Waals surface area (Å²) in [7, 11) is 0. The third-order valence-corrected chi connectivity index (χ3v) is 3.32. The van der Waals surface area contributed by atoms with Gasteiger partial charge in [-0.15, -0.1) is 0 Å². The molecule has 0 amide bonds. The normalized spacial score (nSPS) is 17.6. The molecule has 0 spiro atoms. The lowest BCUT2D eigenvalue weighted by atomic mass is 10.1. The second kappa shape index (κ2) is 5.58. The lowest BCUT2D eigenvalue weighted by Crippen LogP contribution is -2.29. The van der Waals surface area contributed by atoms with Crippen LogP contribution in [-0.4, -0.2) is 15.6 Å². The minimum atomic E-state index is -2.50. The van der Waals surface area contributed by atoms with Crippen molar-refractivity contribution in [3.63, 3.8) is 0 Å². The molecular formula is C12H19F2N3. The van der Waals surface area contributed by atoms with E-state index in [-0.39, 0.29) is 0 Å². The van der Waals surface area contributed by atoms with Gasteiger partial charge in [-0.2, -0.15) is 8.78 Å². The zero-order valence-electron chi connectivity index (χ0n) is 10.1. The molecule has 1 aliphatic rings. The Labute approximate surface area is 100 Å². The largest absolute Gasteiger partial charge is 0.319 e. The highest BCUT2D eigenvalue weighted by molar-refractivity contribution is 4.93. The molecule has 1 aromatic heterocycles. The molecule has 0 aromatic carbocycles. The molecule has 1 unspecified atom stereocenters. The number of hydrogen-bond donors (Lipinski definition) is 1. The van der Waals surface area contributed by atoms with Crippen molar-refractivity contribution in [3.8, 4) is 0 Å². The number of nitrogens with zero attached hydrogens (tertiary/aromatic N) is 2. The number of alkyl halides is 2. The van der Waals surface area contributed by atoms with E-state index in [9.17, 15) is 8.78 Å². The van der Waals surface area contributed by atoms with E-state index < -0.39 is 6.55 Å². The second-order valence-electron chi connectivity index (χ2n) is 4.69. The molecule has 17 heavy (non-hydrogen) atoms. The first-order chi connectivity index (χ1) is 8.20. The van der Waals surface area contributed by atoms with Crippen molar-refractivity contribution in [2.45, 2.75) is 51.7 Å². The summed E-state index contributed by atoms with van der Waals surface area (Å²) in [6.45, 7) is 0.0418. The molecule has 1 atom stereocenters. The molecular weight excluding hydrogens is 224 g/mol. The van der Waals surface area contributed by atoms with Gasteiger partial charge in [0, 0.05) is 18.4 Å². The number of hydrogen-bond acceptors (Lipinski definition) is 2. The quantitative estimate of drug-likeness (QED) is 0.798. The van der Waals surface area contributed by atoms with Crippen LogP contribution in [0.3, 0.4) is 0 Å². The molecule has 2 rings (SSSR count). The summed E-state index contributed by atoms with van der Waals surface area (Å²) in [6.07, 6.45) is 7.58. The van der Waals surface area contributed by atoms with Gasteiger partial charge in [0.1, 0.15) is 5.82 Å². The van der Waals surface area contributed by atoms with Crippen LogP contribution in [0, 0.1) is 5.92 Å². The van der Waals surface area contributed by atoms with E-state index in [1.807, 2.05) is 0 Å². The molecule has 1 heterocycles. The van der Waals surface area contributed by atoms with Crippen molar-refractivity contribution < 1.29 is 8.78 Å². The number of nitrogens with one attached hydrogen (secondary N) is 1. The molecule has 0 saturated heterocycles. The average molecular weight is 243 g/mol. The fraction of sp³-hybridized carbons (Fsp3) is 0.750. The third-order valence-electron chi connectivity index (χ3n) is 3.32. The Morgan fingerprint density at radius 3 is 2.88 bits per heavy atom. The maximum absolute atomic E-state index is 12.6. The summed E-state index contributed by atoms with van der Waals surface area (Å²) in [5, 5.41) is 3.32. The molecule has 5 heteroatoms. The predicted octanol–water partition coefficient (Wildman–Crippen LogP) is 2.95. The van der Waals surface area contributed by atoms with Crippen LogP contribution in [-0.2, 0) is 6.54 Å². The van der Waals surface area contributed by atoms with Gasteiger partial charge in [0.05, 0.1) is 6.54 Å². The standard InChI is InChI=1S/C12H19F2N3/c1-2-10(7-9-3-4-9)16-8-11-15-5-6-17(11)12(13)14/h5-6,9-10,12,16H,2-4,7-8H2,1H3. The Hall–Kier alpha value is -0.970. The summed E-state index contributed by atoms with van der Waals surface area (Å²) >= 11 is 0. The molecule has 96 valence electrons. The first kappa shape index (κ1) is 12.5. The second-order valence-corrected chi connectivity index (χ2v) is 4.69. The van der Waals surface area contributed by atoms with Gasteiger partial charge in [-0.1, -0.05) is 19.8 Å². The Bertz CT molecular complexity index is 347. The van der Waals surface area contributed by atoms with Gasteiger partial charge in [-0.25, -0.2) is 4.98 Å². The SMILES string of the molecule is CCC(CC1CC1)NCc1nccn1C(F)F. The molecule has 0 radical (unpaired) electrons. The molecule has 0 aliphatic heterocycles. The van der Waals surface area contributed by atoms with Crippen molar-refractivity contribution in [2.24, 2.45) is 5.92 Å². The lowest BCUT2D eigenvalue weighted by molar-refractivity contribution is 0.0664. The third kappa shape index (κ3) is 3.49. The van der Waals surface area contributed by atoms with Crippen molar-refractivity contribution in [1.82, 2.24) is 14.9 Å². The average Bonchev–Trinajstić information content (AvgIpc) is 2.99. The molecule has 1 aromatic rings. The topological polar surface area (TPSA) is 29.9 Å². The van der Waals surface area contributed by atoms with Crippen molar-refractivity contribution in [2.75, 3.05) is 0 Å². The van der Waals surface area contributed by atoms with Crippen LogP contribution in [0.15, 0.2) is 12.4 Å². The van der Waals surface area contributed by atoms with E-state index in [0.717, 1.165) is 23.3 Å². The Morgan fingerprint density at radius 1 is 1.53 bits per heavy atom. The first-order valence-corrected chi connectivity index (χ1v) is 6.24. The molecule has 1 saturated carbocycles. The summed E-state index contributed by atoms with van der Waals surface area (Å²) in [5.41, 5.74) is 0. The highest BCUT2D eigenvalue weighted by Gasteiger charge is 2.24. The molecule has 1 N–H and O–H groups in total. The minimum Gasteiger partial charge on any atom is -0.307 e. The van der Waals surface area contributed by atoms with Gasteiger partial charge in [-0.05, 0) is 18.8 Å². The lowest BCUT2D eigenvalue weighted by Gasteiger charge is -2.16. The summed E-state index contributed by atoms with van der Waals surface area (Å²) in [6, 6.07) is 0.422. The van der Waals surface area contributed by atoms with Crippen LogP contribution in [0.4, 0.5) is 8.78 Å². The van der Waals surface area contributed by atoms with Gasteiger partial charge in [0.25, 0.3) is 0 Å². The highest BCUT2D eigenvalue weighted by atomic mass is 19.3. The summed E-state index contributed by atoms with van der Waals surface area (Å²) in [5.74, 6) is 1.26. The fourth-order valence-electron chi connectivity index (χ4n) is 2.04. The fourth-order valence-corrected chi connectivity index (χ4v) is 2.04. The monoisotopic (exact) mass is 243 g/mol. The van der Waals surface area contributed by atoms with Gasteiger partial charge in [-0.3, -0.25) is 4.57 Å². The maximum atomic E-state index is 12.6. The molecule has 1 fully saturated rings. The van der Waals surface area contributed by atoms with E-state index in [1.54, 1.807) is 0 Å². The highest BCUT2D eigenvalue weighted by Crippen LogP contribution is 2.34. The summed E-state index contributed by atoms with van der Waals surface area (Å²) in [4.78, 5) is 3.96. The smallest absolute Gasteiger partial charge is 0.307 e. The Kier molecular flexibility index (Phi) is 4.10. The van der Waals surface area contributed by atoms with Gasteiger partial charge in [0.2, 0.25) is 0 Å². The summed E-state index contributed by atoms with van der Waals surface area (Å²) < 4.78 is 26.1. The Balaban J connectivity index is 1.84. The van der Waals surface area contributed by atoms with Crippen molar-refractivity contribution in [3.05, 3.63) is 18.2 Å². The van der Waals surface area contributed by atoms with Crippen LogP contribution in [0.1, 0.15) is 45.0 Å². The van der Waals surface area contributed by atoms with E-state index in [0.29, 0.717) is 18.4 Å². The van der Waals surface area contributed by atoms with Crippen molar-refractivity contribution >= 4 is 0 Å². The van der Waals surface area contributed by atoms with E-state index >= 15 is 0 Å². The Morgan fingerprint density at radius 2 is 2.29 bits per heavy atom. The molecule has 0 bridgehead atoms. The number of imidazole rings is 1. The minimum absolute atomic E-state index is 0.411. The number of halogens is 2. The van der Waals surface area contributed by atoms with Gasteiger partial charge >= 0.3 is 6.55 Å². The van der Waals surface area contributed by atoms with Gasteiger partial charge < -0.3 is 5.32 Å². The zero-order chi connectivity index (χ0) is 12.3. The van der Waals surface area contributed by atoms with Crippen LogP contribution in [0.5, 0.6) is 0 Å². The van der Waals surface area contributed by atoms with Gasteiger partial charge in [0.15, 0.2) is 0 Å². The van der Waals surface area contributed by atoms with Crippen LogP contribution in [0.2, 0.25) is 0 Å². The van der Waals surface area contributed by atoms with E-state index in [1.165, 1.54) is 25.2 Å². The number of aromatic nitrogens is 2. The van der Waals surface area contributed by atoms with Crippen LogP contribution in [0.25, 0.3) is 0 Å². The van der Waals surface area contributed by atoms with Crippen molar-refractivity contribution in [1.29, 1.82) is 0 Å². The van der Waals surface area contributed by atoms with Crippen LogP contribution >= 0.6 is 0 Å². The first-order valence-electron chi connectivity index (χ1n) is 6.24. The maximum Gasteiger partial charge on any atom is 0.319 e.